The quantitative estimate of drug-likeness (QED) is 0.0261. The minimum absolute atomic E-state index is 0.102. The molecular weight excluding hydrogens is 1010 g/mol. The van der Waals surface area contributed by atoms with Crippen molar-refractivity contribution in [3.05, 3.63) is 122 Å². The fourth-order valence-electron chi connectivity index (χ4n) is 9.64. The van der Waals surface area contributed by atoms with E-state index in [0.717, 1.165) is 103 Å². The Labute approximate surface area is 507 Å². The monoisotopic (exact) mass is 1140 g/mol. The molecule has 0 spiro atoms. The van der Waals surface area contributed by atoms with Gasteiger partial charge in [0.15, 0.2) is 6.10 Å². The molecule has 0 aliphatic rings. The maximum Gasteiger partial charge on any atom is 0.306 e. The van der Waals surface area contributed by atoms with E-state index >= 15 is 0 Å². The summed E-state index contributed by atoms with van der Waals surface area (Å²) in [5, 5.41) is 0. The van der Waals surface area contributed by atoms with Crippen molar-refractivity contribution in [2.45, 2.75) is 329 Å². The third kappa shape index (κ3) is 66.6. The van der Waals surface area contributed by atoms with Gasteiger partial charge in [0.25, 0.3) is 0 Å². The second-order valence-corrected chi connectivity index (χ2v) is 22.7. The van der Waals surface area contributed by atoms with Gasteiger partial charge in [-0.1, -0.05) is 328 Å². The number of carbonyl (C=O) groups is 3. The molecule has 0 aliphatic carbocycles. The van der Waals surface area contributed by atoms with Gasteiger partial charge in [0.05, 0.1) is 0 Å². The number of hydrogen-bond donors (Lipinski definition) is 0. The summed E-state index contributed by atoms with van der Waals surface area (Å²) in [6.07, 6.45) is 96.6. The first-order valence-corrected chi connectivity index (χ1v) is 34.5. The summed E-state index contributed by atoms with van der Waals surface area (Å²) in [4.78, 5) is 38.4. The molecule has 0 radical (unpaired) electrons. The molecule has 0 saturated carbocycles. The summed E-state index contributed by atoms with van der Waals surface area (Å²) in [6, 6.07) is 0. The van der Waals surface area contributed by atoms with Crippen molar-refractivity contribution in [2.24, 2.45) is 0 Å². The van der Waals surface area contributed by atoms with E-state index in [4.69, 9.17) is 14.2 Å². The van der Waals surface area contributed by atoms with Crippen molar-refractivity contribution in [1.29, 1.82) is 0 Å². The first kappa shape index (κ1) is 77.8. The smallest absolute Gasteiger partial charge is 0.306 e. The van der Waals surface area contributed by atoms with Crippen molar-refractivity contribution >= 4 is 17.9 Å². The summed E-state index contributed by atoms with van der Waals surface area (Å²) in [7, 11) is 0. The highest BCUT2D eigenvalue weighted by Gasteiger charge is 2.19. The molecule has 1 atom stereocenters. The van der Waals surface area contributed by atoms with E-state index in [1.165, 1.54) is 173 Å². The van der Waals surface area contributed by atoms with Gasteiger partial charge < -0.3 is 14.2 Å². The van der Waals surface area contributed by atoms with Crippen LogP contribution in [0.15, 0.2) is 122 Å². The van der Waals surface area contributed by atoms with Crippen molar-refractivity contribution < 1.29 is 28.6 Å². The van der Waals surface area contributed by atoms with Crippen LogP contribution in [0.2, 0.25) is 0 Å². The zero-order chi connectivity index (χ0) is 59.2. The molecule has 0 saturated heterocycles. The van der Waals surface area contributed by atoms with Crippen LogP contribution in [0.25, 0.3) is 0 Å². The number of allylic oxidation sites excluding steroid dienone is 20. The Morgan fingerprint density at radius 1 is 0.256 bits per heavy atom. The fourth-order valence-corrected chi connectivity index (χ4v) is 9.64. The highest BCUT2D eigenvalue weighted by molar-refractivity contribution is 5.71. The Hall–Kier alpha value is -4.19. The molecule has 0 aliphatic heterocycles. The molecule has 0 heterocycles. The molecule has 0 aromatic rings. The molecule has 0 amide bonds. The molecule has 82 heavy (non-hydrogen) atoms. The predicted molar refractivity (Wildman–Crippen MR) is 357 cm³/mol. The number of hydrogen-bond acceptors (Lipinski definition) is 6. The normalized spacial score (nSPS) is 12.9. The first-order valence-electron chi connectivity index (χ1n) is 34.5. The minimum Gasteiger partial charge on any atom is -0.462 e. The van der Waals surface area contributed by atoms with Gasteiger partial charge in [0.1, 0.15) is 13.2 Å². The van der Waals surface area contributed by atoms with Gasteiger partial charge >= 0.3 is 17.9 Å². The zero-order valence-corrected chi connectivity index (χ0v) is 53.7. The Kier molecular flexibility index (Phi) is 65.8. The van der Waals surface area contributed by atoms with Crippen LogP contribution in [0.4, 0.5) is 0 Å². The molecule has 468 valence electrons. The SMILES string of the molecule is CC/C=C\C/C=C\C/C=C\C/C=C\C/C=C\C/C=C\CCC(=O)OCC(COC(=O)CCCCCCCCCCCCCC/C=C\C/C=C\C/C=C\C/C=C\CC)OC(=O)CCCCCCCCCCCCCCCCCCCCCC. The van der Waals surface area contributed by atoms with Crippen LogP contribution in [0.5, 0.6) is 0 Å². The van der Waals surface area contributed by atoms with Gasteiger partial charge in [0, 0.05) is 19.3 Å². The van der Waals surface area contributed by atoms with Crippen molar-refractivity contribution in [3.8, 4) is 0 Å². The number of ether oxygens (including phenoxy) is 3. The van der Waals surface area contributed by atoms with Gasteiger partial charge in [0.2, 0.25) is 0 Å². The van der Waals surface area contributed by atoms with Crippen LogP contribution in [0.3, 0.4) is 0 Å². The lowest BCUT2D eigenvalue weighted by molar-refractivity contribution is -0.166. The summed E-state index contributed by atoms with van der Waals surface area (Å²) in [5.41, 5.74) is 0. The van der Waals surface area contributed by atoms with E-state index in [-0.39, 0.29) is 37.5 Å². The average Bonchev–Trinajstić information content (AvgIpc) is 3.47. The topological polar surface area (TPSA) is 78.9 Å². The molecular formula is C76H128O6. The maximum absolute atomic E-state index is 13.0. The van der Waals surface area contributed by atoms with E-state index < -0.39 is 6.10 Å². The van der Waals surface area contributed by atoms with Gasteiger partial charge in [-0.25, -0.2) is 0 Å². The van der Waals surface area contributed by atoms with E-state index in [0.29, 0.717) is 19.3 Å². The second kappa shape index (κ2) is 69.3. The van der Waals surface area contributed by atoms with Crippen molar-refractivity contribution in [3.63, 3.8) is 0 Å². The lowest BCUT2D eigenvalue weighted by atomic mass is 10.0. The van der Waals surface area contributed by atoms with E-state index in [1.54, 1.807) is 0 Å². The molecule has 1 unspecified atom stereocenters. The molecule has 0 fully saturated rings. The van der Waals surface area contributed by atoms with Gasteiger partial charge in [-0.15, -0.1) is 0 Å². The number of unbranched alkanes of at least 4 members (excludes halogenated alkanes) is 31. The summed E-state index contributed by atoms with van der Waals surface area (Å²) in [6.45, 7) is 6.39. The van der Waals surface area contributed by atoms with E-state index in [9.17, 15) is 14.4 Å². The van der Waals surface area contributed by atoms with Gasteiger partial charge in [-0.2, -0.15) is 0 Å². The number of carbonyl (C=O) groups excluding carboxylic acids is 3. The number of esters is 3. The Morgan fingerprint density at radius 3 is 0.817 bits per heavy atom. The molecule has 0 rings (SSSR count). The van der Waals surface area contributed by atoms with Crippen LogP contribution in [0.1, 0.15) is 323 Å². The molecule has 6 nitrogen and oxygen atoms in total. The van der Waals surface area contributed by atoms with Crippen LogP contribution in [0, 0.1) is 0 Å². The lowest BCUT2D eigenvalue weighted by Gasteiger charge is -2.18. The van der Waals surface area contributed by atoms with Crippen LogP contribution in [-0.4, -0.2) is 37.2 Å². The number of rotatable bonds is 62. The molecule has 0 N–H and O–H groups in total. The lowest BCUT2D eigenvalue weighted by Crippen LogP contribution is -2.30. The van der Waals surface area contributed by atoms with Crippen LogP contribution < -0.4 is 0 Å². The standard InChI is InChI=1S/C76H128O6/c1-4-7-10-13-16-19-22-25-28-31-34-36-37-38-39-40-43-45-48-51-54-57-60-63-66-69-75(78)81-72-73(71-80-74(77)68-65-62-59-56-53-50-47-44-41-33-30-27-24-21-18-15-12-9-6-3)82-76(79)70-67-64-61-58-55-52-49-46-42-35-32-29-26-23-20-17-14-11-8-5-2/h7,9-10,12,16,18-19,21,25,27-28,30,34,36,41,44,50,53,59,62,73H,4-6,8,11,13-15,17,20,22-24,26,29,31-33,35,37-40,42-43,45-49,51-52,54-58,60-61,63-72H2,1-3H3/b10-7-,12-9-,19-16-,21-18-,28-25-,30-27-,36-34-,44-41-,53-50-,62-59-. The minimum atomic E-state index is -0.813. The Bertz CT molecular complexity index is 1690. The van der Waals surface area contributed by atoms with E-state index in [2.05, 4.69) is 136 Å². The molecule has 0 aromatic heterocycles. The Morgan fingerprint density at radius 2 is 0.500 bits per heavy atom. The predicted octanol–water partition coefficient (Wildman–Crippen LogP) is 23.9. The van der Waals surface area contributed by atoms with E-state index in [1.807, 2.05) is 6.08 Å². The molecule has 0 aromatic carbocycles. The summed E-state index contributed by atoms with van der Waals surface area (Å²) in [5.74, 6) is -0.978. The summed E-state index contributed by atoms with van der Waals surface area (Å²) < 4.78 is 16.9. The third-order valence-electron chi connectivity index (χ3n) is 14.7. The van der Waals surface area contributed by atoms with Crippen molar-refractivity contribution in [2.75, 3.05) is 13.2 Å². The van der Waals surface area contributed by atoms with Gasteiger partial charge in [-0.3, -0.25) is 14.4 Å². The van der Waals surface area contributed by atoms with Crippen molar-refractivity contribution in [1.82, 2.24) is 0 Å². The first-order chi connectivity index (χ1) is 40.5. The second-order valence-electron chi connectivity index (χ2n) is 22.7. The largest absolute Gasteiger partial charge is 0.462 e. The molecule has 6 heteroatoms. The third-order valence-corrected chi connectivity index (χ3v) is 14.7. The average molecular weight is 1140 g/mol. The fraction of sp³-hybridized carbons (Fsp3) is 0.697. The zero-order valence-electron chi connectivity index (χ0n) is 53.7. The van der Waals surface area contributed by atoms with Crippen LogP contribution in [-0.2, 0) is 28.6 Å². The van der Waals surface area contributed by atoms with Gasteiger partial charge in [-0.05, 0) is 96.3 Å². The maximum atomic E-state index is 13.0. The summed E-state index contributed by atoms with van der Waals surface area (Å²) >= 11 is 0. The highest BCUT2D eigenvalue weighted by atomic mass is 16.6. The molecule has 0 bridgehead atoms. The highest BCUT2D eigenvalue weighted by Crippen LogP contribution is 2.17. The van der Waals surface area contributed by atoms with Crippen LogP contribution >= 0.6 is 0 Å². The Balaban J connectivity index is 4.43.